The van der Waals surface area contributed by atoms with Crippen LogP contribution in [0.25, 0.3) is 11.0 Å². The molecule has 0 N–H and O–H groups in total. The second kappa shape index (κ2) is 4.95. The van der Waals surface area contributed by atoms with E-state index in [1.54, 1.807) is 6.08 Å². The van der Waals surface area contributed by atoms with Gasteiger partial charge in [0.1, 0.15) is 5.82 Å². The van der Waals surface area contributed by atoms with E-state index in [4.69, 9.17) is 0 Å². The second-order valence-electron chi connectivity index (χ2n) is 4.03. The average Bonchev–Trinajstić information content (AvgIpc) is 2.64. The van der Waals surface area contributed by atoms with E-state index < -0.39 is 0 Å². The van der Waals surface area contributed by atoms with Gasteiger partial charge in [-0.15, -0.1) is 0 Å². The van der Waals surface area contributed by atoms with Crippen LogP contribution in [0, 0.1) is 0 Å². The van der Waals surface area contributed by atoms with Crippen molar-refractivity contribution in [1.29, 1.82) is 0 Å². The van der Waals surface area contributed by atoms with E-state index >= 15 is 0 Å². The van der Waals surface area contributed by atoms with E-state index in [1.807, 2.05) is 48.9 Å². The van der Waals surface area contributed by atoms with Gasteiger partial charge in [0.05, 0.1) is 17.5 Å². The van der Waals surface area contributed by atoms with E-state index in [-0.39, 0.29) is 5.78 Å². The highest BCUT2D eigenvalue weighted by molar-refractivity contribution is 5.91. The number of hydrogen-bond donors (Lipinski definition) is 0. The van der Waals surface area contributed by atoms with Crippen molar-refractivity contribution in [2.75, 3.05) is 0 Å². The third-order valence-corrected chi connectivity index (χ3v) is 2.75. The molecule has 1 aromatic carbocycles. The number of allylic oxidation sites excluding steroid dienone is 2. The van der Waals surface area contributed by atoms with Gasteiger partial charge in [-0.25, -0.2) is 4.98 Å². The zero-order valence-electron chi connectivity index (χ0n) is 10.2. The molecule has 0 bridgehead atoms. The summed E-state index contributed by atoms with van der Waals surface area (Å²) in [6.07, 6.45) is 4.76. The number of carbonyl (C=O) groups excluding carboxylic acids is 1. The van der Waals surface area contributed by atoms with Gasteiger partial charge in [-0.3, -0.25) is 4.79 Å². The summed E-state index contributed by atoms with van der Waals surface area (Å²) >= 11 is 0. The lowest BCUT2D eigenvalue weighted by Gasteiger charge is -1.99. The molecule has 0 fully saturated rings. The molecule has 88 valence electrons. The van der Waals surface area contributed by atoms with Crippen LogP contribution in [0.15, 0.2) is 36.4 Å². The first-order valence-corrected chi connectivity index (χ1v) is 5.82. The van der Waals surface area contributed by atoms with Crippen LogP contribution in [-0.4, -0.2) is 15.3 Å². The van der Waals surface area contributed by atoms with Crippen molar-refractivity contribution < 1.29 is 4.79 Å². The molecule has 0 radical (unpaired) electrons. The van der Waals surface area contributed by atoms with Gasteiger partial charge in [-0.05, 0) is 24.6 Å². The summed E-state index contributed by atoms with van der Waals surface area (Å²) in [6, 6.07) is 7.91. The Morgan fingerprint density at radius 1 is 1.41 bits per heavy atom. The highest BCUT2D eigenvalue weighted by Gasteiger charge is 2.09. The molecule has 2 aromatic rings. The zero-order valence-corrected chi connectivity index (χ0v) is 10.2. The smallest absolute Gasteiger partial charge is 0.162 e. The van der Waals surface area contributed by atoms with Gasteiger partial charge in [0.15, 0.2) is 5.78 Å². The number of fused-ring (bicyclic) bond motifs is 1. The van der Waals surface area contributed by atoms with Gasteiger partial charge in [0.2, 0.25) is 0 Å². The largest absolute Gasteiger partial charge is 0.331 e. The topological polar surface area (TPSA) is 34.9 Å². The number of para-hydroxylation sites is 2. The first kappa shape index (κ1) is 11.6. The van der Waals surface area contributed by atoms with Crippen molar-refractivity contribution in [1.82, 2.24) is 9.55 Å². The molecule has 0 aliphatic heterocycles. The normalized spacial score (nSPS) is 11.4. The lowest BCUT2D eigenvalue weighted by Crippen LogP contribution is -2.05. The maximum atomic E-state index is 11.7. The van der Waals surface area contributed by atoms with Crippen LogP contribution in [-0.2, 0) is 18.3 Å². The third kappa shape index (κ3) is 2.44. The monoisotopic (exact) mass is 228 g/mol. The Labute approximate surface area is 101 Å². The predicted molar refractivity (Wildman–Crippen MR) is 68.9 cm³/mol. The van der Waals surface area contributed by atoms with Crippen LogP contribution >= 0.6 is 0 Å². The van der Waals surface area contributed by atoms with Crippen molar-refractivity contribution in [3.63, 3.8) is 0 Å². The number of rotatable bonds is 4. The molecule has 1 heterocycles. The maximum absolute atomic E-state index is 11.7. The number of imidazole rings is 1. The molecule has 3 heteroatoms. The van der Waals surface area contributed by atoms with Crippen LogP contribution in [0.1, 0.15) is 19.2 Å². The number of ketones is 1. The second-order valence-corrected chi connectivity index (χ2v) is 4.03. The van der Waals surface area contributed by atoms with Crippen LogP contribution < -0.4 is 0 Å². The number of carbonyl (C=O) groups is 1. The van der Waals surface area contributed by atoms with Gasteiger partial charge in [0.25, 0.3) is 0 Å². The molecular formula is C14H16N2O. The van der Waals surface area contributed by atoms with E-state index in [9.17, 15) is 4.79 Å². The Kier molecular flexibility index (Phi) is 3.38. The molecule has 17 heavy (non-hydrogen) atoms. The Morgan fingerprint density at radius 2 is 2.18 bits per heavy atom. The Morgan fingerprint density at radius 3 is 2.88 bits per heavy atom. The molecule has 1 aromatic heterocycles. The summed E-state index contributed by atoms with van der Waals surface area (Å²) in [7, 11) is 1.95. The summed E-state index contributed by atoms with van der Waals surface area (Å²) in [4.78, 5) is 16.1. The molecule has 0 saturated carbocycles. The molecule has 0 spiro atoms. The highest BCUT2D eigenvalue weighted by Crippen LogP contribution is 2.14. The molecule has 0 unspecified atom stereocenters. The van der Waals surface area contributed by atoms with E-state index in [1.165, 1.54) is 0 Å². The molecule has 0 aliphatic rings. The molecule has 3 nitrogen and oxygen atoms in total. The minimum atomic E-state index is 0.102. The van der Waals surface area contributed by atoms with Crippen molar-refractivity contribution in [3.8, 4) is 0 Å². The Hall–Kier alpha value is -1.90. The fraction of sp³-hybridized carbons (Fsp3) is 0.286. The fourth-order valence-electron chi connectivity index (χ4n) is 1.82. The molecule has 2 rings (SSSR count). The summed E-state index contributed by atoms with van der Waals surface area (Å²) in [5.41, 5.74) is 2.01. The number of aryl methyl sites for hydroxylation is 1. The maximum Gasteiger partial charge on any atom is 0.162 e. The van der Waals surface area contributed by atoms with Crippen LogP contribution in [0.2, 0.25) is 0 Å². The van der Waals surface area contributed by atoms with Crippen LogP contribution in [0.4, 0.5) is 0 Å². The van der Waals surface area contributed by atoms with Crippen molar-refractivity contribution in [2.45, 2.75) is 19.8 Å². The first-order valence-electron chi connectivity index (χ1n) is 5.82. The molecule has 0 atom stereocenters. The Bertz CT molecular complexity index is 567. The van der Waals surface area contributed by atoms with Crippen molar-refractivity contribution >= 4 is 16.8 Å². The van der Waals surface area contributed by atoms with E-state index in [0.717, 1.165) is 23.3 Å². The first-order chi connectivity index (χ1) is 8.22. The standard InChI is InChI=1S/C14H16N2O/c1-3-4-7-11(17)10-14-15-12-8-5-6-9-13(12)16(14)2/h4-9H,3,10H2,1-2H3/b7-4+. The fourth-order valence-corrected chi connectivity index (χ4v) is 1.82. The van der Waals surface area contributed by atoms with Gasteiger partial charge < -0.3 is 4.57 Å². The van der Waals surface area contributed by atoms with Crippen molar-refractivity contribution in [2.24, 2.45) is 7.05 Å². The SMILES string of the molecule is CC/C=C/C(=O)Cc1nc2ccccc2n1C. The summed E-state index contributed by atoms with van der Waals surface area (Å²) < 4.78 is 1.98. The van der Waals surface area contributed by atoms with E-state index in [2.05, 4.69) is 4.98 Å². The molecular weight excluding hydrogens is 212 g/mol. The molecule has 0 saturated heterocycles. The third-order valence-electron chi connectivity index (χ3n) is 2.75. The lowest BCUT2D eigenvalue weighted by atomic mass is 10.2. The lowest BCUT2D eigenvalue weighted by molar-refractivity contribution is -0.114. The minimum Gasteiger partial charge on any atom is -0.331 e. The number of hydrogen-bond acceptors (Lipinski definition) is 2. The molecule has 0 amide bonds. The van der Waals surface area contributed by atoms with Gasteiger partial charge >= 0.3 is 0 Å². The highest BCUT2D eigenvalue weighted by atomic mass is 16.1. The number of aromatic nitrogens is 2. The van der Waals surface area contributed by atoms with Crippen LogP contribution in [0.3, 0.4) is 0 Å². The predicted octanol–water partition coefficient (Wildman–Crippen LogP) is 2.65. The summed E-state index contributed by atoms with van der Waals surface area (Å²) in [5.74, 6) is 0.919. The van der Waals surface area contributed by atoms with E-state index in [0.29, 0.717) is 6.42 Å². The quantitative estimate of drug-likeness (QED) is 0.754. The number of nitrogens with zero attached hydrogens (tertiary/aromatic N) is 2. The van der Waals surface area contributed by atoms with Gasteiger partial charge in [0, 0.05) is 7.05 Å². The Balaban J connectivity index is 2.27. The summed E-state index contributed by atoms with van der Waals surface area (Å²) in [6.45, 7) is 2.01. The zero-order chi connectivity index (χ0) is 12.3. The molecule has 0 aliphatic carbocycles. The van der Waals surface area contributed by atoms with Gasteiger partial charge in [-0.1, -0.05) is 25.1 Å². The van der Waals surface area contributed by atoms with Gasteiger partial charge in [-0.2, -0.15) is 0 Å². The number of benzene rings is 1. The minimum absolute atomic E-state index is 0.102. The van der Waals surface area contributed by atoms with Crippen LogP contribution in [0.5, 0.6) is 0 Å². The summed E-state index contributed by atoms with van der Waals surface area (Å²) in [5, 5.41) is 0. The van der Waals surface area contributed by atoms with Crippen molar-refractivity contribution in [3.05, 3.63) is 42.2 Å². The average molecular weight is 228 g/mol.